The number of ketones is 1. The Morgan fingerprint density at radius 1 is 1.27 bits per heavy atom. The highest BCUT2D eigenvalue weighted by atomic mass is 16.1. The fraction of sp³-hybridized carbons (Fsp3) is 0.250. The quantitative estimate of drug-likeness (QED) is 0.749. The van der Waals surface area contributed by atoms with Crippen LogP contribution >= 0.6 is 0 Å². The molecule has 1 aliphatic heterocycles. The van der Waals surface area contributed by atoms with Gasteiger partial charge >= 0.3 is 0 Å². The number of likely N-dealkylation sites (N-methyl/N-ethyl adjacent to an activating group) is 1. The van der Waals surface area contributed by atoms with Crippen LogP contribution in [0, 0.1) is 0 Å². The molecular weight excluding hydrogens is 188 g/mol. The third-order valence-corrected chi connectivity index (χ3v) is 2.94. The van der Waals surface area contributed by atoms with Crippen molar-refractivity contribution in [3.05, 3.63) is 47.3 Å². The maximum atomic E-state index is 11.9. The fourth-order valence-electron chi connectivity index (χ4n) is 1.90. The molecule has 0 saturated heterocycles. The van der Waals surface area contributed by atoms with Crippen LogP contribution in [-0.2, 0) is 4.79 Å². The summed E-state index contributed by atoms with van der Waals surface area (Å²) in [6.07, 6.45) is 0. The largest absolute Gasteiger partial charge is 0.394 e. The predicted molar refractivity (Wildman–Crippen MR) is 58.8 cm³/mol. The molecule has 0 fully saturated rings. The molecule has 0 bridgehead atoms. The van der Waals surface area contributed by atoms with Gasteiger partial charge in [-0.25, -0.2) is 0 Å². The molecule has 1 aromatic rings. The third kappa shape index (κ3) is 1.40. The molecule has 0 amide bonds. The molecule has 1 aromatic carbocycles. The van der Waals surface area contributed by atoms with Crippen LogP contribution in [0.2, 0.25) is 0 Å². The molecule has 1 unspecified atom stereocenters. The molecular formula is C12H14N2O. The lowest BCUT2D eigenvalue weighted by atomic mass is 10.0. The van der Waals surface area contributed by atoms with Gasteiger partial charge in [-0.05, 0) is 12.5 Å². The Bertz CT molecular complexity index is 423. The molecule has 2 N–H and O–H groups in total. The molecule has 2 rings (SSSR count). The summed E-state index contributed by atoms with van der Waals surface area (Å²) in [5, 5.41) is 0. The minimum atomic E-state index is -0.244. The number of carbonyl (C=O) groups is 1. The smallest absolute Gasteiger partial charge is 0.207 e. The summed E-state index contributed by atoms with van der Waals surface area (Å²) in [6, 6.07) is 9.45. The van der Waals surface area contributed by atoms with Gasteiger partial charge in [0.15, 0.2) is 0 Å². The summed E-state index contributed by atoms with van der Waals surface area (Å²) in [5.41, 5.74) is 7.96. The van der Waals surface area contributed by atoms with Gasteiger partial charge in [0.05, 0.1) is 5.70 Å². The van der Waals surface area contributed by atoms with Crippen LogP contribution in [0.4, 0.5) is 0 Å². The summed E-state index contributed by atoms with van der Waals surface area (Å²) in [6.45, 7) is 1.87. The molecule has 0 radical (unpaired) electrons. The number of rotatable bonds is 1. The minimum absolute atomic E-state index is 0.00111. The number of nitrogens with two attached hydrogens (primary N) is 1. The van der Waals surface area contributed by atoms with Gasteiger partial charge in [-0.3, -0.25) is 4.79 Å². The number of Topliss-reactive ketones (excluding diaryl/α,β-unsaturated/α-hetero) is 1. The Morgan fingerprint density at radius 3 is 2.33 bits per heavy atom. The first-order chi connectivity index (χ1) is 7.13. The van der Waals surface area contributed by atoms with Crippen molar-refractivity contribution in [2.45, 2.75) is 13.0 Å². The Hall–Kier alpha value is -1.77. The fourth-order valence-corrected chi connectivity index (χ4v) is 1.90. The van der Waals surface area contributed by atoms with Crippen molar-refractivity contribution in [1.29, 1.82) is 0 Å². The number of carbonyl (C=O) groups excluding carboxylic acids is 1. The van der Waals surface area contributed by atoms with E-state index in [2.05, 4.69) is 0 Å². The lowest BCUT2D eigenvalue weighted by Gasteiger charge is -2.22. The van der Waals surface area contributed by atoms with Crippen molar-refractivity contribution >= 4 is 5.78 Å². The van der Waals surface area contributed by atoms with Crippen molar-refractivity contribution in [2.75, 3.05) is 7.05 Å². The zero-order chi connectivity index (χ0) is 11.0. The Labute approximate surface area is 89.2 Å². The van der Waals surface area contributed by atoms with Crippen molar-refractivity contribution < 1.29 is 4.79 Å². The number of hydrogen-bond acceptors (Lipinski definition) is 3. The first-order valence-corrected chi connectivity index (χ1v) is 4.91. The zero-order valence-electron chi connectivity index (χ0n) is 8.90. The van der Waals surface area contributed by atoms with Gasteiger partial charge in [0.1, 0.15) is 6.04 Å². The molecule has 1 heterocycles. The Balaban J connectivity index is 2.39. The van der Waals surface area contributed by atoms with E-state index >= 15 is 0 Å². The monoisotopic (exact) mass is 202 g/mol. The van der Waals surface area contributed by atoms with E-state index in [9.17, 15) is 4.79 Å². The van der Waals surface area contributed by atoms with Crippen LogP contribution in [0.15, 0.2) is 41.7 Å². The van der Waals surface area contributed by atoms with E-state index in [0.717, 1.165) is 11.3 Å². The zero-order valence-corrected chi connectivity index (χ0v) is 8.90. The first kappa shape index (κ1) is 9.77. The van der Waals surface area contributed by atoms with Gasteiger partial charge in [-0.1, -0.05) is 30.3 Å². The van der Waals surface area contributed by atoms with Gasteiger partial charge in [0.2, 0.25) is 5.78 Å². The van der Waals surface area contributed by atoms with E-state index in [-0.39, 0.29) is 11.8 Å². The van der Waals surface area contributed by atoms with Crippen LogP contribution in [-0.4, -0.2) is 17.7 Å². The molecule has 0 aliphatic carbocycles. The highest BCUT2D eigenvalue weighted by Crippen LogP contribution is 2.32. The van der Waals surface area contributed by atoms with Crippen LogP contribution in [0.1, 0.15) is 18.5 Å². The van der Waals surface area contributed by atoms with E-state index in [1.807, 2.05) is 49.2 Å². The van der Waals surface area contributed by atoms with E-state index < -0.39 is 0 Å². The molecule has 1 atom stereocenters. The van der Waals surface area contributed by atoms with Gasteiger partial charge in [0.25, 0.3) is 0 Å². The molecule has 0 aromatic heterocycles. The topological polar surface area (TPSA) is 46.3 Å². The Kier molecular flexibility index (Phi) is 2.23. The average Bonchev–Trinajstić information content (AvgIpc) is 2.45. The summed E-state index contributed by atoms with van der Waals surface area (Å²) >= 11 is 0. The van der Waals surface area contributed by atoms with Crippen molar-refractivity contribution in [2.24, 2.45) is 5.73 Å². The van der Waals surface area contributed by atoms with Crippen molar-refractivity contribution in [1.82, 2.24) is 4.90 Å². The molecule has 0 saturated carbocycles. The van der Waals surface area contributed by atoms with Crippen LogP contribution in [0.3, 0.4) is 0 Å². The lowest BCUT2D eigenvalue weighted by molar-refractivity contribution is -0.118. The summed E-state index contributed by atoms with van der Waals surface area (Å²) < 4.78 is 0. The standard InChI is InChI=1S/C12H14N2O/c1-8-10(13)12(15)11(14(8)2)9-6-4-3-5-7-9/h3-7,11H,13H2,1-2H3. The number of benzene rings is 1. The second kappa shape index (κ2) is 3.42. The maximum Gasteiger partial charge on any atom is 0.207 e. The number of nitrogens with zero attached hydrogens (tertiary/aromatic N) is 1. The second-order valence-electron chi connectivity index (χ2n) is 3.79. The third-order valence-electron chi connectivity index (χ3n) is 2.94. The molecule has 1 aliphatic rings. The van der Waals surface area contributed by atoms with Gasteiger partial charge < -0.3 is 10.6 Å². The van der Waals surface area contributed by atoms with Crippen molar-refractivity contribution in [3.8, 4) is 0 Å². The van der Waals surface area contributed by atoms with E-state index in [1.165, 1.54) is 0 Å². The summed E-state index contributed by atoms with van der Waals surface area (Å²) in [7, 11) is 1.89. The molecule has 0 spiro atoms. The number of allylic oxidation sites excluding steroid dienone is 1. The van der Waals surface area contributed by atoms with Crippen LogP contribution in [0.25, 0.3) is 0 Å². The highest BCUT2D eigenvalue weighted by Gasteiger charge is 2.34. The van der Waals surface area contributed by atoms with Crippen molar-refractivity contribution in [3.63, 3.8) is 0 Å². The highest BCUT2D eigenvalue weighted by molar-refractivity contribution is 6.02. The van der Waals surface area contributed by atoms with Gasteiger partial charge in [-0.15, -0.1) is 0 Å². The van der Waals surface area contributed by atoms with Gasteiger partial charge in [0, 0.05) is 12.7 Å². The predicted octanol–water partition coefficient (Wildman–Crippen LogP) is 1.43. The SMILES string of the molecule is CC1=C(N)C(=O)C(c2ccccc2)N1C. The second-order valence-corrected chi connectivity index (χ2v) is 3.79. The van der Waals surface area contributed by atoms with Crippen LogP contribution < -0.4 is 5.73 Å². The van der Waals surface area contributed by atoms with Gasteiger partial charge in [-0.2, -0.15) is 0 Å². The van der Waals surface area contributed by atoms with Crippen LogP contribution in [0.5, 0.6) is 0 Å². The number of hydrogen-bond donors (Lipinski definition) is 1. The average molecular weight is 202 g/mol. The maximum absolute atomic E-state index is 11.9. The summed E-state index contributed by atoms with van der Waals surface area (Å²) in [5.74, 6) is 0.00111. The molecule has 3 nitrogen and oxygen atoms in total. The first-order valence-electron chi connectivity index (χ1n) is 4.91. The normalized spacial score (nSPS) is 21.3. The minimum Gasteiger partial charge on any atom is -0.394 e. The molecule has 3 heteroatoms. The summed E-state index contributed by atoms with van der Waals surface area (Å²) in [4.78, 5) is 13.8. The van der Waals surface area contributed by atoms with E-state index in [1.54, 1.807) is 0 Å². The molecule has 15 heavy (non-hydrogen) atoms. The molecule has 78 valence electrons. The van der Waals surface area contributed by atoms with E-state index in [0.29, 0.717) is 5.70 Å². The Morgan fingerprint density at radius 2 is 1.87 bits per heavy atom. The lowest BCUT2D eigenvalue weighted by Crippen LogP contribution is -2.22. The van der Waals surface area contributed by atoms with E-state index in [4.69, 9.17) is 5.73 Å².